The van der Waals surface area contributed by atoms with Gasteiger partial charge >= 0.3 is 0 Å². The van der Waals surface area contributed by atoms with Gasteiger partial charge in [-0.25, -0.2) is 0 Å². The predicted molar refractivity (Wildman–Crippen MR) is 59.2 cm³/mol. The van der Waals surface area contributed by atoms with Crippen LogP contribution in [0.15, 0.2) is 18.2 Å². The molecule has 0 atom stereocenters. The van der Waals surface area contributed by atoms with E-state index < -0.39 is 0 Å². The zero-order valence-electron chi connectivity index (χ0n) is 9.06. The molecule has 0 N–H and O–H groups in total. The first-order valence-electron chi connectivity index (χ1n) is 5.36. The summed E-state index contributed by atoms with van der Waals surface area (Å²) in [5.41, 5.74) is 4.47. The van der Waals surface area contributed by atoms with E-state index in [9.17, 15) is 0 Å². The Morgan fingerprint density at radius 2 is 1.69 bits per heavy atom. The highest BCUT2D eigenvalue weighted by atomic mass is 14.0. The van der Waals surface area contributed by atoms with Crippen molar-refractivity contribution in [2.24, 2.45) is 0 Å². The summed E-state index contributed by atoms with van der Waals surface area (Å²) in [5.74, 6) is 0. The standard InChI is InChI=1S/C13H20/c1-4-6-12-8-9-13(7-5-2)11(3)10-12/h8-10H,4-7H2,1-3H3. The lowest BCUT2D eigenvalue weighted by molar-refractivity contribution is 0.895. The smallest absolute Gasteiger partial charge is 0.0279 e. The Hall–Kier alpha value is -0.780. The van der Waals surface area contributed by atoms with Gasteiger partial charge in [-0.05, 0) is 36.5 Å². The zero-order chi connectivity index (χ0) is 9.68. The molecule has 72 valence electrons. The lowest BCUT2D eigenvalue weighted by atomic mass is 10.00. The quantitative estimate of drug-likeness (QED) is 0.652. The summed E-state index contributed by atoms with van der Waals surface area (Å²) in [6.45, 7) is 6.69. The van der Waals surface area contributed by atoms with Crippen molar-refractivity contribution in [2.75, 3.05) is 0 Å². The topological polar surface area (TPSA) is 0 Å². The first-order chi connectivity index (χ1) is 6.27. The van der Waals surface area contributed by atoms with Crippen LogP contribution in [0, 0.1) is 6.92 Å². The van der Waals surface area contributed by atoms with Crippen molar-refractivity contribution < 1.29 is 0 Å². The average molecular weight is 176 g/mol. The van der Waals surface area contributed by atoms with Crippen molar-refractivity contribution in [3.05, 3.63) is 34.9 Å². The summed E-state index contributed by atoms with van der Waals surface area (Å²) in [7, 11) is 0. The predicted octanol–water partition coefficient (Wildman–Crippen LogP) is 3.90. The van der Waals surface area contributed by atoms with Crippen molar-refractivity contribution in [3.8, 4) is 0 Å². The monoisotopic (exact) mass is 176 g/mol. The molecule has 13 heavy (non-hydrogen) atoms. The largest absolute Gasteiger partial charge is 0.0651 e. The van der Waals surface area contributed by atoms with Gasteiger partial charge in [-0.3, -0.25) is 0 Å². The molecule has 0 bridgehead atoms. The van der Waals surface area contributed by atoms with Crippen LogP contribution in [0.1, 0.15) is 43.4 Å². The zero-order valence-corrected chi connectivity index (χ0v) is 9.06. The number of aryl methyl sites for hydroxylation is 3. The highest BCUT2D eigenvalue weighted by Gasteiger charge is 1.98. The Kier molecular flexibility index (Phi) is 4.01. The second kappa shape index (κ2) is 5.06. The molecule has 0 heterocycles. The maximum Gasteiger partial charge on any atom is -0.0279 e. The summed E-state index contributed by atoms with van der Waals surface area (Å²) in [6, 6.07) is 6.92. The van der Waals surface area contributed by atoms with Crippen molar-refractivity contribution in [2.45, 2.75) is 46.5 Å². The highest BCUT2D eigenvalue weighted by molar-refractivity contribution is 5.31. The molecular weight excluding hydrogens is 156 g/mol. The average Bonchev–Trinajstić information content (AvgIpc) is 2.10. The highest BCUT2D eigenvalue weighted by Crippen LogP contribution is 2.14. The molecule has 0 amide bonds. The van der Waals surface area contributed by atoms with Crippen LogP contribution in [0.25, 0.3) is 0 Å². The van der Waals surface area contributed by atoms with E-state index in [1.807, 2.05) is 0 Å². The fourth-order valence-corrected chi connectivity index (χ4v) is 1.75. The molecule has 0 aliphatic rings. The van der Waals surface area contributed by atoms with E-state index in [2.05, 4.69) is 39.0 Å². The van der Waals surface area contributed by atoms with Gasteiger partial charge in [-0.2, -0.15) is 0 Å². The van der Waals surface area contributed by atoms with E-state index in [4.69, 9.17) is 0 Å². The fourth-order valence-electron chi connectivity index (χ4n) is 1.75. The number of hydrogen-bond acceptors (Lipinski definition) is 0. The van der Waals surface area contributed by atoms with E-state index in [0.717, 1.165) is 0 Å². The molecular formula is C13H20. The molecule has 0 nitrogen and oxygen atoms in total. The third-order valence-corrected chi connectivity index (χ3v) is 2.47. The number of hydrogen-bond donors (Lipinski definition) is 0. The van der Waals surface area contributed by atoms with Gasteiger partial charge in [0.1, 0.15) is 0 Å². The number of benzene rings is 1. The molecule has 1 aromatic carbocycles. The normalized spacial score (nSPS) is 10.4. The maximum atomic E-state index is 2.34. The SMILES string of the molecule is CCCc1ccc(CCC)c(C)c1. The molecule has 0 heteroatoms. The first kappa shape index (κ1) is 10.3. The Balaban J connectivity index is 2.79. The molecule has 0 spiro atoms. The second-order valence-electron chi connectivity index (χ2n) is 3.76. The van der Waals surface area contributed by atoms with Gasteiger partial charge < -0.3 is 0 Å². The molecule has 0 radical (unpaired) electrons. The molecule has 0 aromatic heterocycles. The third-order valence-electron chi connectivity index (χ3n) is 2.47. The van der Waals surface area contributed by atoms with E-state index in [1.165, 1.54) is 42.4 Å². The molecule has 0 unspecified atom stereocenters. The van der Waals surface area contributed by atoms with E-state index in [-0.39, 0.29) is 0 Å². The van der Waals surface area contributed by atoms with Crippen molar-refractivity contribution in [3.63, 3.8) is 0 Å². The Morgan fingerprint density at radius 1 is 1.00 bits per heavy atom. The summed E-state index contributed by atoms with van der Waals surface area (Å²) in [4.78, 5) is 0. The lowest BCUT2D eigenvalue weighted by Gasteiger charge is -2.06. The van der Waals surface area contributed by atoms with Crippen LogP contribution in [0.2, 0.25) is 0 Å². The molecule has 1 aromatic rings. The third kappa shape index (κ3) is 2.87. The van der Waals surface area contributed by atoms with Gasteiger partial charge in [0.05, 0.1) is 0 Å². The minimum atomic E-state index is 1.22. The molecule has 0 aliphatic heterocycles. The fraction of sp³-hybridized carbons (Fsp3) is 0.538. The van der Waals surface area contributed by atoms with Crippen LogP contribution in [-0.4, -0.2) is 0 Å². The van der Waals surface area contributed by atoms with Crippen LogP contribution in [0.3, 0.4) is 0 Å². The molecule has 1 rings (SSSR count). The van der Waals surface area contributed by atoms with Crippen molar-refractivity contribution >= 4 is 0 Å². The van der Waals surface area contributed by atoms with Gasteiger partial charge in [0.25, 0.3) is 0 Å². The Bertz CT molecular complexity index is 261. The molecule has 0 fully saturated rings. The molecule has 0 saturated carbocycles. The van der Waals surface area contributed by atoms with Crippen molar-refractivity contribution in [1.29, 1.82) is 0 Å². The summed E-state index contributed by atoms with van der Waals surface area (Å²) in [5, 5.41) is 0. The second-order valence-corrected chi connectivity index (χ2v) is 3.76. The van der Waals surface area contributed by atoms with Crippen LogP contribution < -0.4 is 0 Å². The van der Waals surface area contributed by atoms with Crippen LogP contribution in [0.5, 0.6) is 0 Å². The van der Waals surface area contributed by atoms with Gasteiger partial charge in [0.2, 0.25) is 0 Å². The Labute approximate surface area is 82.0 Å². The van der Waals surface area contributed by atoms with Gasteiger partial charge in [0, 0.05) is 0 Å². The van der Waals surface area contributed by atoms with Crippen LogP contribution >= 0.6 is 0 Å². The molecule has 0 saturated heterocycles. The van der Waals surface area contributed by atoms with Gasteiger partial charge in [-0.15, -0.1) is 0 Å². The lowest BCUT2D eigenvalue weighted by Crippen LogP contribution is -1.91. The minimum absolute atomic E-state index is 1.22. The van der Waals surface area contributed by atoms with Crippen molar-refractivity contribution in [1.82, 2.24) is 0 Å². The first-order valence-corrected chi connectivity index (χ1v) is 5.36. The summed E-state index contributed by atoms with van der Waals surface area (Å²) < 4.78 is 0. The van der Waals surface area contributed by atoms with Gasteiger partial charge in [0.15, 0.2) is 0 Å². The Morgan fingerprint density at radius 3 is 2.23 bits per heavy atom. The maximum absolute atomic E-state index is 2.34. The van der Waals surface area contributed by atoms with Crippen LogP contribution in [-0.2, 0) is 12.8 Å². The van der Waals surface area contributed by atoms with E-state index >= 15 is 0 Å². The van der Waals surface area contributed by atoms with Gasteiger partial charge in [-0.1, -0.05) is 44.9 Å². The minimum Gasteiger partial charge on any atom is -0.0651 e. The number of rotatable bonds is 4. The molecule has 0 aliphatic carbocycles. The summed E-state index contributed by atoms with van der Waals surface area (Å²) >= 11 is 0. The van der Waals surface area contributed by atoms with E-state index in [0.29, 0.717) is 0 Å². The van der Waals surface area contributed by atoms with Crippen LogP contribution in [0.4, 0.5) is 0 Å². The van der Waals surface area contributed by atoms with E-state index in [1.54, 1.807) is 0 Å². The summed E-state index contributed by atoms with van der Waals surface area (Å²) in [6.07, 6.45) is 4.92.